The average molecular weight is 403 g/mol. The molecule has 2 fully saturated rings. The molecule has 1 aliphatic carbocycles. The van der Waals surface area contributed by atoms with Crippen LogP contribution in [0.4, 0.5) is 10.5 Å². The van der Waals surface area contributed by atoms with Crippen molar-refractivity contribution in [3.8, 4) is 5.75 Å². The second kappa shape index (κ2) is 10.9. The van der Waals surface area contributed by atoms with Crippen LogP contribution in [0.1, 0.15) is 44.9 Å². The molecule has 29 heavy (non-hydrogen) atoms. The summed E-state index contributed by atoms with van der Waals surface area (Å²) < 4.78 is 5.29. The van der Waals surface area contributed by atoms with Gasteiger partial charge in [-0.1, -0.05) is 25.3 Å². The first-order valence-electron chi connectivity index (χ1n) is 10.9. The van der Waals surface area contributed by atoms with Gasteiger partial charge in [0.15, 0.2) is 0 Å². The van der Waals surface area contributed by atoms with E-state index in [-0.39, 0.29) is 11.9 Å². The molecule has 1 saturated heterocycles. The lowest BCUT2D eigenvalue weighted by molar-refractivity contribution is -0.131. The second-order valence-corrected chi connectivity index (χ2v) is 7.91. The number of hydrogen-bond donors (Lipinski definition) is 2. The quantitative estimate of drug-likeness (QED) is 0.688. The highest BCUT2D eigenvalue weighted by molar-refractivity contribution is 5.77. The standard InChI is InChI=1S/C22H34N4O3/c1-29-20-10-5-9-19(17-20)25-13-15-26(16-14-25)21(27)11-6-12-23-22(28)24-18-7-3-2-4-8-18/h5,9-10,17-18H,2-4,6-8,11-16H2,1H3,(H2,23,24,28). The monoisotopic (exact) mass is 402 g/mol. The summed E-state index contributed by atoms with van der Waals surface area (Å²) >= 11 is 0. The van der Waals surface area contributed by atoms with E-state index < -0.39 is 0 Å². The van der Waals surface area contributed by atoms with E-state index in [4.69, 9.17) is 4.74 Å². The molecule has 1 saturated carbocycles. The van der Waals surface area contributed by atoms with E-state index in [1.807, 2.05) is 23.1 Å². The predicted octanol–water partition coefficient (Wildman–Crippen LogP) is 2.76. The van der Waals surface area contributed by atoms with Gasteiger partial charge in [0.05, 0.1) is 7.11 Å². The number of methoxy groups -OCH3 is 1. The topological polar surface area (TPSA) is 73.9 Å². The molecule has 0 aromatic heterocycles. The van der Waals surface area contributed by atoms with Gasteiger partial charge >= 0.3 is 6.03 Å². The molecular formula is C22H34N4O3. The normalized spacial score (nSPS) is 17.7. The van der Waals surface area contributed by atoms with Crippen molar-refractivity contribution in [3.05, 3.63) is 24.3 Å². The molecule has 1 heterocycles. The number of carbonyl (C=O) groups is 2. The van der Waals surface area contributed by atoms with Crippen molar-refractivity contribution in [2.75, 3.05) is 44.7 Å². The fourth-order valence-electron chi connectivity index (χ4n) is 4.10. The second-order valence-electron chi connectivity index (χ2n) is 7.91. The SMILES string of the molecule is COc1cccc(N2CCN(C(=O)CCCNC(=O)NC3CCCCC3)CC2)c1. The molecule has 7 nitrogen and oxygen atoms in total. The van der Waals surface area contributed by atoms with Crippen LogP contribution in [0.15, 0.2) is 24.3 Å². The van der Waals surface area contributed by atoms with Gasteiger partial charge in [0, 0.05) is 56.9 Å². The zero-order valence-electron chi connectivity index (χ0n) is 17.5. The number of hydrogen-bond acceptors (Lipinski definition) is 4. The van der Waals surface area contributed by atoms with Crippen LogP contribution in [-0.2, 0) is 4.79 Å². The summed E-state index contributed by atoms with van der Waals surface area (Å²) in [6, 6.07) is 8.24. The summed E-state index contributed by atoms with van der Waals surface area (Å²) in [5.41, 5.74) is 1.13. The molecule has 0 radical (unpaired) electrons. The number of urea groups is 1. The molecule has 160 valence electrons. The van der Waals surface area contributed by atoms with Gasteiger partial charge < -0.3 is 25.2 Å². The zero-order chi connectivity index (χ0) is 20.5. The van der Waals surface area contributed by atoms with Gasteiger partial charge in [-0.25, -0.2) is 4.79 Å². The third-order valence-corrected chi connectivity index (χ3v) is 5.84. The predicted molar refractivity (Wildman–Crippen MR) is 114 cm³/mol. The maximum absolute atomic E-state index is 12.5. The van der Waals surface area contributed by atoms with Crippen LogP contribution in [0.5, 0.6) is 5.75 Å². The van der Waals surface area contributed by atoms with Crippen LogP contribution < -0.4 is 20.3 Å². The maximum atomic E-state index is 12.5. The molecule has 3 amide bonds. The molecule has 2 N–H and O–H groups in total. The van der Waals surface area contributed by atoms with Crippen LogP contribution in [0.2, 0.25) is 0 Å². The number of ether oxygens (including phenoxy) is 1. The third-order valence-electron chi connectivity index (χ3n) is 5.84. The van der Waals surface area contributed by atoms with E-state index in [9.17, 15) is 9.59 Å². The lowest BCUT2D eigenvalue weighted by atomic mass is 9.96. The van der Waals surface area contributed by atoms with Gasteiger partial charge in [-0.15, -0.1) is 0 Å². The van der Waals surface area contributed by atoms with Crippen LogP contribution >= 0.6 is 0 Å². The van der Waals surface area contributed by atoms with E-state index in [1.165, 1.54) is 19.3 Å². The molecular weight excluding hydrogens is 368 g/mol. The first-order chi connectivity index (χ1) is 14.2. The van der Waals surface area contributed by atoms with Crippen molar-refractivity contribution < 1.29 is 14.3 Å². The van der Waals surface area contributed by atoms with Gasteiger partial charge in [-0.05, 0) is 31.4 Å². The summed E-state index contributed by atoms with van der Waals surface area (Å²) in [5.74, 6) is 1.02. The Kier molecular flexibility index (Phi) is 8.02. The Morgan fingerprint density at radius 2 is 1.86 bits per heavy atom. The molecule has 2 aliphatic rings. The van der Waals surface area contributed by atoms with Crippen LogP contribution in [0, 0.1) is 0 Å². The summed E-state index contributed by atoms with van der Waals surface area (Å²) in [7, 11) is 1.67. The summed E-state index contributed by atoms with van der Waals surface area (Å²) in [6.07, 6.45) is 6.97. The number of carbonyl (C=O) groups excluding carboxylic acids is 2. The summed E-state index contributed by atoms with van der Waals surface area (Å²) in [5, 5.41) is 5.93. The van der Waals surface area contributed by atoms with Crippen LogP contribution in [-0.4, -0.2) is 62.7 Å². The minimum atomic E-state index is -0.101. The molecule has 1 aromatic rings. The molecule has 3 rings (SSSR count). The number of amides is 3. The van der Waals surface area contributed by atoms with Crippen molar-refractivity contribution in [3.63, 3.8) is 0 Å². The van der Waals surface area contributed by atoms with Gasteiger partial charge in [-0.2, -0.15) is 0 Å². The lowest BCUT2D eigenvalue weighted by Crippen LogP contribution is -2.49. The zero-order valence-corrected chi connectivity index (χ0v) is 17.5. The average Bonchev–Trinajstić information content (AvgIpc) is 2.77. The first-order valence-corrected chi connectivity index (χ1v) is 10.9. The maximum Gasteiger partial charge on any atom is 0.315 e. The highest BCUT2D eigenvalue weighted by Gasteiger charge is 2.21. The number of nitrogens with zero attached hydrogens (tertiary/aromatic N) is 2. The third kappa shape index (κ3) is 6.54. The summed E-state index contributed by atoms with van der Waals surface area (Å²) in [4.78, 5) is 28.6. The van der Waals surface area contributed by atoms with Crippen LogP contribution in [0.25, 0.3) is 0 Å². The van der Waals surface area contributed by atoms with E-state index in [0.29, 0.717) is 25.4 Å². The Bertz CT molecular complexity index is 668. The highest BCUT2D eigenvalue weighted by Crippen LogP contribution is 2.22. The fraction of sp³-hybridized carbons (Fsp3) is 0.636. The van der Waals surface area contributed by atoms with Crippen molar-refractivity contribution in [1.29, 1.82) is 0 Å². The number of nitrogens with one attached hydrogen (secondary N) is 2. The smallest absolute Gasteiger partial charge is 0.315 e. The van der Waals surface area contributed by atoms with Gasteiger partial charge in [-0.3, -0.25) is 4.79 Å². The van der Waals surface area contributed by atoms with Crippen molar-refractivity contribution in [2.24, 2.45) is 0 Å². The molecule has 0 unspecified atom stereocenters. The molecule has 1 aliphatic heterocycles. The van der Waals surface area contributed by atoms with E-state index in [0.717, 1.165) is 50.5 Å². The lowest BCUT2D eigenvalue weighted by Gasteiger charge is -2.36. The minimum Gasteiger partial charge on any atom is -0.497 e. The first kappa shape index (κ1) is 21.3. The number of piperazine rings is 1. The largest absolute Gasteiger partial charge is 0.497 e. The van der Waals surface area contributed by atoms with Gasteiger partial charge in [0.2, 0.25) is 5.91 Å². The van der Waals surface area contributed by atoms with E-state index >= 15 is 0 Å². The van der Waals surface area contributed by atoms with Crippen molar-refractivity contribution in [1.82, 2.24) is 15.5 Å². The molecule has 7 heteroatoms. The summed E-state index contributed by atoms with van der Waals surface area (Å²) in [6.45, 7) is 3.63. The van der Waals surface area contributed by atoms with E-state index in [2.05, 4.69) is 21.6 Å². The minimum absolute atomic E-state index is 0.101. The Morgan fingerprint density at radius 1 is 1.10 bits per heavy atom. The van der Waals surface area contributed by atoms with E-state index in [1.54, 1.807) is 7.11 Å². The molecule has 1 aromatic carbocycles. The fourth-order valence-corrected chi connectivity index (χ4v) is 4.10. The Balaban J connectivity index is 1.31. The molecule has 0 atom stereocenters. The number of rotatable bonds is 7. The Hall–Kier alpha value is -2.44. The Labute approximate surface area is 173 Å². The molecule has 0 bridgehead atoms. The van der Waals surface area contributed by atoms with Crippen molar-refractivity contribution in [2.45, 2.75) is 51.0 Å². The molecule has 0 spiro atoms. The number of benzene rings is 1. The van der Waals surface area contributed by atoms with Crippen molar-refractivity contribution >= 4 is 17.6 Å². The number of anilines is 1. The van der Waals surface area contributed by atoms with Crippen LogP contribution in [0.3, 0.4) is 0 Å². The highest BCUT2D eigenvalue weighted by atomic mass is 16.5. The van der Waals surface area contributed by atoms with Gasteiger partial charge in [0.25, 0.3) is 0 Å². The Morgan fingerprint density at radius 3 is 2.59 bits per heavy atom. The van der Waals surface area contributed by atoms with Gasteiger partial charge in [0.1, 0.15) is 5.75 Å².